The minimum atomic E-state index is -2.51. The third-order valence-electron chi connectivity index (χ3n) is 3.54. The average Bonchev–Trinajstić information content (AvgIpc) is 2.31. The van der Waals surface area contributed by atoms with E-state index in [4.69, 9.17) is 13.3 Å². The molecule has 4 heteroatoms. The van der Waals surface area contributed by atoms with Crippen molar-refractivity contribution in [2.45, 2.75) is 64.3 Å². The molecule has 0 fully saturated rings. The Morgan fingerprint density at radius 3 is 1.71 bits per heavy atom. The van der Waals surface area contributed by atoms with Gasteiger partial charge in [0.2, 0.25) is 0 Å². The standard InChI is InChI=1S/C13H30O3Si/c1-7-8-9-10-11-12-13(2,3)17(14-4,15-5)16-6/h7-12H2,1-6H3. The highest BCUT2D eigenvalue weighted by Crippen LogP contribution is 2.43. The van der Waals surface area contributed by atoms with E-state index in [1.54, 1.807) is 21.3 Å². The Kier molecular flexibility index (Phi) is 8.29. The molecule has 104 valence electrons. The average molecular weight is 262 g/mol. The zero-order valence-corrected chi connectivity index (χ0v) is 13.5. The smallest absolute Gasteiger partial charge is 0.377 e. The molecule has 0 amide bonds. The maximum atomic E-state index is 5.57. The quantitative estimate of drug-likeness (QED) is 0.440. The molecule has 0 aromatic rings. The van der Waals surface area contributed by atoms with Crippen LogP contribution < -0.4 is 0 Å². The van der Waals surface area contributed by atoms with E-state index in [1.807, 2.05) is 0 Å². The molecular formula is C13H30O3Si. The maximum Gasteiger partial charge on any atom is 0.506 e. The van der Waals surface area contributed by atoms with Crippen LogP contribution in [0, 0.1) is 0 Å². The van der Waals surface area contributed by atoms with Gasteiger partial charge in [-0.1, -0.05) is 52.9 Å². The number of hydrogen-bond donors (Lipinski definition) is 0. The predicted molar refractivity (Wildman–Crippen MR) is 74.2 cm³/mol. The molecule has 0 atom stereocenters. The van der Waals surface area contributed by atoms with Gasteiger partial charge in [0.15, 0.2) is 0 Å². The molecule has 0 bridgehead atoms. The van der Waals surface area contributed by atoms with Crippen LogP contribution in [0.1, 0.15) is 59.3 Å². The molecule has 0 rings (SSSR count). The summed E-state index contributed by atoms with van der Waals surface area (Å²) in [4.78, 5) is 0. The third-order valence-corrected chi connectivity index (χ3v) is 7.06. The molecule has 0 aromatic carbocycles. The van der Waals surface area contributed by atoms with Crippen LogP contribution in [0.4, 0.5) is 0 Å². The predicted octanol–water partition coefficient (Wildman–Crippen LogP) is 4.01. The molecule has 0 N–H and O–H groups in total. The van der Waals surface area contributed by atoms with Gasteiger partial charge < -0.3 is 13.3 Å². The van der Waals surface area contributed by atoms with Crippen molar-refractivity contribution in [2.24, 2.45) is 0 Å². The van der Waals surface area contributed by atoms with E-state index in [-0.39, 0.29) is 5.04 Å². The summed E-state index contributed by atoms with van der Waals surface area (Å²) in [6.45, 7) is 6.62. The van der Waals surface area contributed by atoms with Gasteiger partial charge in [0.1, 0.15) is 0 Å². The zero-order chi connectivity index (χ0) is 13.4. The first-order chi connectivity index (χ1) is 7.99. The van der Waals surface area contributed by atoms with Gasteiger partial charge in [-0.05, 0) is 6.42 Å². The molecule has 0 spiro atoms. The van der Waals surface area contributed by atoms with Crippen molar-refractivity contribution < 1.29 is 13.3 Å². The van der Waals surface area contributed by atoms with Crippen molar-refractivity contribution in [1.29, 1.82) is 0 Å². The summed E-state index contributed by atoms with van der Waals surface area (Å²) < 4.78 is 16.7. The molecule has 0 heterocycles. The van der Waals surface area contributed by atoms with Crippen LogP contribution in [0.2, 0.25) is 5.04 Å². The first-order valence-electron chi connectivity index (χ1n) is 6.65. The van der Waals surface area contributed by atoms with Crippen LogP contribution in [-0.2, 0) is 13.3 Å². The third kappa shape index (κ3) is 4.70. The molecule has 0 unspecified atom stereocenters. The molecule has 0 saturated heterocycles. The topological polar surface area (TPSA) is 27.7 Å². The lowest BCUT2D eigenvalue weighted by atomic mass is 10.0. The van der Waals surface area contributed by atoms with E-state index in [9.17, 15) is 0 Å². The summed E-state index contributed by atoms with van der Waals surface area (Å²) in [5.41, 5.74) is 0. The van der Waals surface area contributed by atoms with Crippen molar-refractivity contribution >= 4 is 8.80 Å². The first-order valence-corrected chi connectivity index (χ1v) is 8.37. The van der Waals surface area contributed by atoms with E-state index < -0.39 is 8.80 Å². The van der Waals surface area contributed by atoms with Crippen molar-refractivity contribution in [3.63, 3.8) is 0 Å². The van der Waals surface area contributed by atoms with Gasteiger partial charge in [-0.15, -0.1) is 0 Å². The van der Waals surface area contributed by atoms with Crippen LogP contribution in [0.5, 0.6) is 0 Å². The summed E-state index contributed by atoms with van der Waals surface area (Å²) in [6, 6.07) is 0. The highest BCUT2D eigenvalue weighted by molar-refractivity contribution is 6.64. The van der Waals surface area contributed by atoms with Gasteiger partial charge in [-0.3, -0.25) is 0 Å². The Bertz CT molecular complexity index is 183. The summed E-state index contributed by atoms with van der Waals surface area (Å²) >= 11 is 0. The highest BCUT2D eigenvalue weighted by atomic mass is 28.4. The van der Waals surface area contributed by atoms with Gasteiger partial charge in [0.05, 0.1) is 0 Å². The van der Waals surface area contributed by atoms with Crippen LogP contribution in [0.15, 0.2) is 0 Å². The van der Waals surface area contributed by atoms with Crippen LogP contribution in [-0.4, -0.2) is 30.1 Å². The second-order valence-corrected chi connectivity index (χ2v) is 8.91. The molecule has 17 heavy (non-hydrogen) atoms. The van der Waals surface area contributed by atoms with E-state index in [0.717, 1.165) is 6.42 Å². The summed E-state index contributed by atoms with van der Waals surface area (Å²) in [5, 5.41) is -0.0164. The van der Waals surface area contributed by atoms with Gasteiger partial charge in [-0.2, -0.15) is 0 Å². The van der Waals surface area contributed by atoms with Crippen molar-refractivity contribution in [2.75, 3.05) is 21.3 Å². The minimum absolute atomic E-state index is 0.0164. The van der Waals surface area contributed by atoms with Crippen LogP contribution >= 0.6 is 0 Å². The maximum absolute atomic E-state index is 5.57. The zero-order valence-electron chi connectivity index (χ0n) is 12.5. The van der Waals surface area contributed by atoms with Crippen molar-refractivity contribution in [3.8, 4) is 0 Å². The highest BCUT2D eigenvalue weighted by Gasteiger charge is 2.53. The molecule has 0 aliphatic heterocycles. The fourth-order valence-corrected chi connectivity index (χ4v) is 5.04. The fraction of sp³-hybridized carbons (Fsp3) is 1.00. The second-order valence-electron chi connectivity index (χ2n) is 5.22. The first kappa shape index (κ1) is 17.1. The van der Waals surface area contributed by atoms with E-state index in [0.29, 0.717) is 0 Å². The molecule has 3 nitrogen and oxygen atoms in total. The lowest BCUT2D eigenvalue weighted by molar-refractivity contribution is 0.0926. The van der Waals surface area contributed by atoms with Crippen molar-refractivity contribution in [1.82, 2.24) is 0 Å². The molecule has 0 aromatic heterocycles. The monoisotopic (exact) mass is 262 g/mol. The van der Waals surface area contributed by atoms with E-state index in [1.165, 1.54) is 32.1 Å². The Hall–Kier alpha value is 0.0969. The largest absolute Gasteiger partial charge is 0.506 e. The lowest BCUT2D eigenvalue weighted by Gasteiger charge is -2.38. The Morgan fingerprint density at radius 2 is 1.29 bits per heavy atom. The van der Waals surface area contributed by atoms with E-state index in [2.05, 4.69) is 20.8 Å². The van der Waals surface area contributed by atoms with Gasteiger partial charge in [0, 0.05) is 26.4 Å². The second kappa shape index (κ2) is 8.24. The fourth-order valence-electron chi connectivity index (χ4n) is 2.40. The Balaban J connectivity index is 4.23. The van der Waals surface area contributed by atoms with E-state index >= 15 is 0 Å². The summed E-state index contributed by atoms with van der Waals surface area (Å²) in [5.74, 6) is 0. The molecule has 0 aliphatic rings. The number of rotatable bonds is 10. The Labute approximate surface area is 108 Å². The molecule has 0 saturated carbocycles. The lowest BCUT2D eigenvalue weighted by Crippen LogP contribution is -2.52. The van der Waals surface area contributed by atoms with Gasteiger partial charge in [-0.25, -0.2) is 0 Å². The number of hydrogen-bond acceptors (Lipinski definition) is 3. The molecule has 0 radical (unpaired) electrons. The molecular weight excluding hydrogens is 232 g/mol. The minimum Gasteiger partial charge on any atom is -0.377 e. The number of unbranched alkanes of at least 4 members (excludes halogenated alkanes) is 4. The van der Waals surface area contributed by atoms with Crippen LogP contribution in [0.3, 0.4) is 0 Å². The SMILES string of the molecule is CCCCCCCC(C)(C)[Si](OC)(OC)OC. The van der Waals surface area contributed by atoms with Crippen molar-refractivity contribution in [3.05, 3.63) is 0 Å². The van der Waals surface area contributed by atoms with Gasteiger partial charge in [0.25, 0.3) is 0 Å². The summed E-state index contributed by atoms with van der Waals surface area (Å²) in [7, 11) is 2.56. The molecule has 0 aliphatic carbocycles. The Morgan fingerprint density at radius 1 is 0.824 bits per heavy atom. The normalized spacial score (nSPS) is 13.1. The van der Waals surface area contributed by atoms with Gasteiger partial charge >= 0.3 is 8.80 Å². The summed E-state index contributed by atoms with van der Waals surface area (Å²) in [6.07, 6.45) is 7.56. The van der Waals surface area contributed by atoms with Crippen LogP contribution in [0.25, 0.3) is 0 Å².